The van der Waals surface area contributed by atoms with E-state index in [2.05, 4.69) is 19.9 Å². The van der Waals surface area contributed by atoms with Crippen LogP contribution in [0.2, 0.25) is 5.02 Å². The van der Waals surface area contributed by atoms with Crippen molar-refractivity contribution in [3.63, 3.8) is 0 Å². The highest BCUT2D eigenvalue weighted by atomic mass is 35.5. The summed E-state index contributed by atoms with van der Waals surface area (Å²) in [6, 6.07) is 1.89. The predicted octanol–water partition coefficient (Wildman–Crippen LogP) is 1.78. The summed E-state index contributed by atoms with van der Waals surface area (Å²) in [6.07, 6.45) is 5.32. The molecule has 0 bridgehead atoms. The Hall–Kier alpha value is -1.81. The summed E-state index contributed by atoms with van der Waals surface area (Å²) < 4.78 is 5.58. The number of ether oxygens (including phenoxy) is 1. The molecule has 4 heterocycles. The van der Waals surface area contributed by atoms with Crippen LogP contribution in [0.3, 0.4) is 0 Å². The molecule has 1 unspecified atom stereocenters. The Labute approximate surface area is 166 Å². The van der Waals surface area contributed by atoms with Crippen LogP contribution in [-0.4, -0.2) is 47.3 Å². The van der Waals surface area contributed by atoms with Gasteiger partial charge in [0.1, 0.15) is 16.7 Å². The molecule has 6 N–H and O–H groups in total. The van der Waals surface area contributed by atoms with Gasteiger partial charge in [0.15, 0.2) is 5.82 Å². The molecule has 0 aliphatic carbocycles. The Morgan fingerprint density at radius 3 is 2.67 bits per heavy atom. The van der Waals surface area contributed by atoms with Gasteiger partial charge in [-0.1, -0.05) is 23.4 Å². The van der Waals surface area contributed by atoms with E-state index in [0.29, 0.717) is 22.5 Å². The van der Waals surface area contributed by atoms with Gasteiger partial charge in [-0.2, -0.15) is 0 Å². The highest BCUT2D eigenvalue weighted by Crippen LogP contribution is 2.40. The molecule has 0 saturated carbocycles. The molecule has 0 aromatic carbocycles. The fourth-order valence-corrected chi connectivity index (χ4v) is 4.62. The molecule has 144 valence electrons. The zero-order chi connectivity index (χ0) is 19.0. The van der Waals surface area contributed by atoms with E-state index in [1.54, 1.807) is 18.5 Å². The number of anilines is 3. The van der Waals surface area contributed by atoms with E-state index in [4.69, 9.17) is 33.5 Å². The van der Waals surface area contributed by atoms with Crippen LogP contribution in [0.25, 0.3) is 0 Å². The van der Waals surface area contributed by atoms with Gasteiger partial charge in [-0.25, -0.2) is 15.0 Å². The summed E-state index contributed by atoms with van der Waals surface area (Å²) in [4.78, 5) is 15.9. The highest BCUT2D eigenvalue weighted by molar-refractivity contribution is 7.99. The molecule has 2 aliphatic rings. The molecule has 2 aliphatic heterocycles. The van der Waals surface area contributed by atoms with Crippen LogP contribution >= 0.6 is 23.4 Å². The Balaban J connectivity index is 1.47. The summed E-state index contributed by atoms with van der Waals surface area (Å²) in [6.45, 7) is 3.14. The average Bonchev–Trinajstić information content (AvgIpc) is 3.01. The molecule has 1 spiro atoms. The van der Waals surface area contributed by atoms with Crippen LogP contribution in [0, 0.1) is 5.41 Å². The number of piperidine rings is 1. The van der Waals surface area contributed by atoms with Crippen LogP contribution < -0.4 is 22.1 Å². The summed E-state index contributed by atoms with van der Waals surface area (Å²) >= 11 is 7.52. The molecule has 0 radical (unpaired) electrons. The molecule has 10 heteroatoms. The van der Waals surface area contributed by atoms with Gasteiger partial charge in [0, 0.05) is 35.6 Å². The lowest BCUT2D eigenvalue weighted by molar-refractivity contribution is 0.131. The lowest BCUT2D eigenvalue weighted by Gasteiger charge is -2.41. The lowest BCUT2D eigenvalue weighted by Crippen LogP contribution is -2.49. The van der Waals surface area contributed by atoms with Gasteiger partial charge in [0.2, 0.25) is 0 Å². The smallest absolute Gasteiger partial charge is 0.158 e. The third-order valence-corrected chi connectivity index (χ3v) is 6.97. The molecule has 4 rings (SSSR count). The van der Waals surface area contributed by atoms with E-state index >= 15 is 0 Å². The van der Waals surface area contributed by atoms with E-state index in [0.717, 1.165) is 43.3 Å². The number of hydrogen-bond donors (Lipinski definition) is 3. The van der Waals surface area contributed by atoms with Gasteiger partial charge in [-0.15, -0.1) is 0 Å². The fourth-order valence-electron chi connectivity index (χ4n) is 3.61. The first kappa shape index (κ1) is 18.5. The summed E-state index contributed by atoms with van der Waals surface area (Å²) in [5.41, 5.74) is 18.2. The van der Waals surface area contributed by atoms with Crippen molar-refractivity contribution in [2.45, 2.75) is 28.8 Å². The minimum Gasteiger partial charge on any atom is -0.382 e. The molecule has 2 fully saturated rings. The Bertz CT molecular complexity index is 844. The Kier molecular flexibility index (Phi) is 5.02. The zero-order valence-electron chi connectivity index (χ0n) is 14.8. The van der Waals surface area contributed by atoms with Gasteiger partial charge < -0.3 is 26.8 Å². The molecule has 1 atom stereocenters. The number of pyridine rings is 1. The van der Waals surface area contributed by atoms with Crippen LogP contribution in [0.5, 0.6) is 0 Å². The normalized spacial score (nSPS) is 21.7. The zero-order valence-corrected chi connectivity index (χ0v) is 16.3. The summed E-state index contributed by atoms with van der Waals surface area (Å²) in [5.74, 6) is 1.42. The maximum absolute atomic E-state index is 6.25. The van der Waals surface area contributed by atoms with Crippen molar-refractivity contribution in [3.8, 4) is 0 Å². The maximum atomic E-state index is 6.25. The van der Waals surface area contributed by atoms with E-state index < -0.39 is 0 Å². The van der Waals surface area contributed by atoms with Gasteiger partial charge in [0.25, 0.3) is 0 Å². The molecular weight excluding hydrogens is 386 g/mol. The molecular formula is C17H22ClN7OS. The largest absolute Gasteiger partial charge is 0.382 e. The first-order valence-corrected chi connectivity index (χ1v) is 9.96. The number of hydrogen-bond acceptors (Lipinski definition) is 9. The molecule has 2 aromatic rings. The third kappa shape index (κ3) is 3.52. The van der Waals surface area contributed by atoms with Crippen LogP contribution in [0.1, 0.15) is 12.8 Å². The Morgan fingerprint density at radius 1 is 1.22 bits per heavy atom. The van der Waals surface area contributed by atoms with E-state index in [1.807, 2.05) is 0 Å². The number of nitrogen functional groups attached to an aromatic ring is 2. The molecule has 2 saturated heterocycles. The van der Waals surface area contributed by atoms with Gasteiger partial charge in [-0.3, -0.25) is 0 Å². The van der Waals surface area contributed by atoms with Crippen LogP contribution in [-0.2, 0) is 4.74 Å². The highest BCUT2D eigenvalue weighted by Gasteiger charge is 2.44. The van der Waals surface area contributed by atoms with Crippen LogP contribution in [0.4, 0.5) is 17.5 Å². The first-order valence-electron chi connectivity index (χ1n) is 8.77. The molecule has 8 nitrogen and oxygen atoms in total. The first-order chi connectivity index (χ1) is 13.0. The van der Waals surface area contributed by atoms with Crippen molar-refractivity contribution in [1.29, 1.82) is 0 Å². The van der Waals surface area contributed by atoms with Crippen LogP contribution in [0.15, 0.2) is 28.4 Å². The van der Waals surface area contributed by atoms with Crippen molar-refractivity contribution in [3.05, 3.63) is 23.5 Å². The topological polar surface area (TPSA) is 129 Å². The minimum atomic E-state index is 0.100. The fraction of sp³-hybridized carbons (Fsp3) is 0.471. The SMILES string of the molecule is Nc1nc(N2CCC3(CC2)COCC3N)cnc1Sc1ccnc(N)c1Cl. The third-order valence-electron chi connectivity index (χ3n) is 5.40. The number of aromatic nitrogens is 3. The van der Waals surface area contributed by atoms with Crippen molar-refractivity contribution < 1.29 is 4.74 Å². The van der Waals surface area contributed by atoms with Gasteiger partial charge in [0.05, 0.1) is 24.4 Å². The van der Waals surface area contributed by atoms with Crippen molar-refractivity contribution in [2.24, 2.45) is 11.1 Å². The Morgan fingerprint density at radius 2 is 2.00 bits per heavy atom. The number of halogens is 1. The second-order valence-corrected chi connectivity index (χ2v) is 8.41. The number of nitrogens with zero attached hydrogens (tertiary/aromatic N) is 4. The van der Waals surface area contributed by atoms with Crippen molar-refractivity contribution in [2.75, 3.05) is 42.7 Å². The summed E-state index contributed by atoms with van der Waals surface area (Å²) in [5, 5.41) is 0.982. The van der Waals surface area contributed by atoms with Gasteiger partial charge >= 0.3 is 0 Å². The lowest BCUT2D eigenvalue weighted by atomic mass is 9.75. The molecule has 0 amide bonds. The van der Waals surface area contributed by atoms with Gasteiger partial charge in [-0.05, 0) is 18.9 Å². The summed E-state index contributed by atoms with van der Waals surface area (Å²) in [7, 11) is 0. The average molecular weight is 408 g/mol. The quantitative estimate of drug-likeness (QED) is 0.696. The molecule has 2 aromatic heterocycles. The second kappa shape index (κ2) is 7.31. The molecule has 27 heavy (non-hydrogen) atoms. The maximum Gasteiger partial charge on any atom is 0.158 e. The van der Waals surface area contributed by atoms with E-state index in [9.17, 15) is 0 Å². The van der Waals surface area contributed by atoms with Crippen molar-refractivity contribution in [1.82, 2.24) is 15.0 Å². The predicted molar refractivity (Wildman–Crippen MR) is 107 cm³/mol. The number of nitrogens with two attached hydrogens (primary N) is 3. The standard InChI is InChI=1S/C17H22ClN7OS/c18-13-10(1-4-22-14(13)20)27-16-15(21)24-12(7-23-16)25-5-2-17(3-6-25)9-26-8-11(17)19/h1,4,7,11H,2-3,5-6,8-9,19H2,(H2,20,22)(H2,21,24). The minimum absolute atomic E-state index is 0.100. The number of rotatable bonds is 3. The monoisotopic (exact) mass is 407 g/mol. The van der Waals surface area contributed by atoms with E-state index in [1.165, 1.54) is 11.8 Å². The van der Waals surface area contributed by atoms with E-state index in [-0.39, 0.29) is 17.3 Å². The second-order valence-electron chi connectivity index (χ2n) is 7.00. The van der Waals surface area contributed by atoms with Crippen molar-refractivity contribution >= 4 is 40.8 Å².